The van der Waals surface area contributed by atoms with Crippen LogP contribution in [0.25, 0.3) is 0 Å². The molecule has 28 heavy (non-hydrogen) atoms. The zero-order valence-electron chi connectivity index (χ0n) is 16.0. The van der Waals surface area contributed by atoms with Crippen molar-refractivity contribution in [3.05, 3.63) is 36.0 Å². The van der Waals surface area contributed by atoms with Gasteiger partial charge in [-0.25, -0.2) is 4.98 Å². The fourth-order valence-electron chi connectivity index (χ4n) is 3.29. The molecule has 1 amide bonds. The minimum absolute atomic E-state index is 0. The van der Waals surface area contributed by atoms with Crippen LogP contribution in [-0.2, 0) is 12.8 Å². The fourth-order valence-corrected chi connectivity index (χ4v) is 4.12. The predicted molar refractivity (Wildman–Crippen MR) is 116 cm³/mol. The molecule has 0 aromatic carbocycles. The van der Waals surface area contributed by atoms with Gasteiger partial charge in [0.25, 0.3) is 5.91 Å². The third-order valence-corrected chi connectivity index (χ3v) is 6.25. The largest absolute Gasteiger partial charge is 0.455 e. The lowest BCUT2D eigenvalue weighted by atomic mass is 10.0. The number of hydrogen-bond donors (Lipinski definition) is 1. The second-order valence-electron chi connectivity index (χ2n) is 7.29. The molecule has 6 nitrogen and oxygen atoms in total. The van der Waals surface area contributed by atoms with Crippen LogP contribution in [-0.4, -0.2) is 46.0 Å². The number of furan rings is 1. The SMILES string of the molecule is Cl.Cl.Cn1ccnc1SCc1ccc(C(=O)N2CCC(NCC3CC3)CC2)o1. The third kappa shape index (κ3) is 5.92. The average Bonchev–Trinajstić information content (AvgIpc) is 3.22. The number of nitrogens with one attached hydrogen (secondary N) is 1. The lowest BCUT2D eigenvalue weighted by Gasteiger charge is -2.32. The van der Waals surface area contributed by atoms with Gasteiger partial charge >= 0.3 is 0 Å². The highest BCUT2D eigenvalue weighted by molar-refractivity contribution is 7.98. The van der Waals surface area contributed by atoms with E-state index in [1.165, 1.54) is 12.8 Å². The van der Waals surface area contributed by atoms with Crippen LogP contribution >= 0.6 is 36.6 Å². The second-order valence-corrected chi connectivity index (χ2v) is 8.24. The monoisotopic (exact) mass is 446 g/mol. The topological polar surface area (TPSA) is 63.3 Å². The van der Waals surface area contributed by atoms with Crippen molar-refractivity contribution < 1.29 is 9.21 Å². The highest BCUT2D eigenvalue weighted by Gasteiger charge is 2.27. The number of rotatable bonds is 7. The van der Waals surface area contributed by atoms with Crippen LogP contribution in [0, 0.1) is 5.92 Å². The smallest absolute Gasteiger partial charge is 0.289 e. The van der Waals surface area contributed by atoms with Crippen LogP contribution in [0.3, 0.4) is 0 Å². The fraction of sp³-hybridized carbons (Fsp3) is 0.579. The summed E-state index contributed by atoms with van der Waals surface area (Å²) < 4.78 is 7.76. The highest BCUT2D eigenvalue weighted by Crippen LogP contribution is 2.28. The van der Waals surface area contributed by atoms with Crippen LogP contribution in [0.1, 0.15) is 42.0 Å². The minimum Gasteiger partial charge on any atom is -0.455 e. The number of amides is 1. The molecule has 9 heteroatoms. The standard InChI is InChI=1S/C19H26N4O2S.2ClH/c1-22-11-8-20-19(22)26-13-16-4-5-17(25-16)18(24)23-9-6-15(7-10-23)21-12-14-2-3-14;;/h4-5,8,11,14-15,21H,2-3,6-7,9-10,12-13H2,1H3;2*1H. The molecule has 0 radical (unpaired) electrons. The summed E-state index contributed by atoms with van der Waals surface area (Å²) in [5.74, 6) is 2.84. The Bertz CT molecular complexity index is 755. The van der Waals surface area contributed by atoms with Crippen LogP contribution < -0.4 is 5.32 Å². The number of halogens is 2. The zero-order valence-corrected chi connectivity index (χ0v) is 18.5. The van der Waals surface area contributed by atoms with Gasteiger partial charge in [0.15, 0.2) is 10.9 Å². The Morgan fingerprint density at radius 2 is 2.00 bits per heavy atom. The molecule has 1 saturated carbocycles. The Hall–Kier alpha value is -1.15. The van der Waals surface area contributed by atoms with E-state index in [-0.39, 0.29) is 30.7 Å². The maximum atomic E-state index is 12.7. The summed E-state index contributed by atoms with van der Waals surface area (Å²) in [4.78, 5) is 18.9. The molecule has 0 unspecified atom stereocenters. The lowest BCUT2D eigenvalue weighted by Crippen LogP contribution is -2.45. The van der Waals surface area contributed by atoms with Gasteiger partial charge in [0.2, 0.25) is 0 Å². The molecule has 1 saturated heterocycles. The molecule has 0 atom stereocenters. The Balaban J connectivity index is 0.00000140. The van der Waals surface area contributed by atoms with Gasteiger partial charge in [0, 0.05) is 38.6 Å². The summed E-state index contributed by atoms with van der Waals surface area (Å²) in [6.45, 7) is 2.76. The first kappa shape index (κ1) is 23.1. The number of likely N-dealkylation sites (tertiary alicyclic amines) is 1. The average molecular weight is 447 g/mol. The van der Waals surface area contributed by atoms with Gasteiger partial charge in [-0.05, 0) is 50.3 Å². The normalized spacial score (nSPS) is 17.1. The molecule has 4 rings (SSSR count). The molecule has 0 spiro atoms. The molecule has 3 heterocycles. The number of aromatic nitrogens is 2. The zero-order chi connectivity index (χ0) is 17.9. The first-order valence-corrected chi connectivity index (χ1v) is 10.4. The summed E-state index contributed by atoms with van der Waals surface area (Å²) in [5.41, 5.74) is 0. The van der Waals surface area contributed by atoms with E-state index in [0.717, 1.165) is 49.3 Å². The van der Waals surface area contributed by atoms with E-state index in [0.29, 0.717) is 17.6 Å². The summed E-state index contributed by atoms with van der Waals surface area (Å²) in [6, 6.07) is 4.25. The van der Waals surface area contributed by atoms with Crippen LogP contribution in [0.5, 0.6) is 0 Å². The third-order valence-electron chi connectivity index (χ3n) is 5.17. The molecule has 2 aromatic rings. The number of piperidine rings is 1. The van der Waals surface area contributed by atoms with E-state index < -0.39 is 0 Å². The lowest BCUT2D eigenvalue weighted by molar-refractivity contribution is 0.0671. The van der Waals surface area contributed by atoms with Gasteiger partial charge in [-0.2, -0.15) is 0 Å². The van der Waals surface area contributed by atoms with Gasteiger partial charge in [0.05, 0.1) is 5.75 Å². The molecule has 2 aromatic heterocycles. The number of hydrogen-bond acceptors (Lipinski definition) is 5. The minimum atomic E-state index is 0. The van der Waals surface area contributed by atoms with Gasteiger partial charge in [-0.1, -0.05) is 11.8 Å². The van der Waals surface area contributed by atoms with Crippen molar-refractivity contribution in [3.63, 3.8) is 0 Å². The van der Waals surface area contributed by atoms with Gasteiger partial charge in [0.1, 0.15) is 5.76 Å². The summed E-state index contributed by atoms with van der Waals surface area (Å²) in [5, 5.41) is 4.59. The number of nitrogens with zero attached hydrogens (tertiary/aromatic N) is 3. The molecule has 1 aliphatic carbocycles. The number of carbonyl (C=O) groups is 1. The molecular formula is C19H28Cl2N4O2S. The van der Waals surface area contributed by atoms with Gasteiger partial charge < -0.3 is 19.2 Å². The number of imidazole rings is 1. The van der Waals surface area contributed by atoms with Crippen molar-refractivity contribution in [1.29, 1.82) is 0 Å². The molecule has 0 bridgehead atoms. The Morgan fingerprint density at radius 1 is 1.25 bits per heavy atom. The van der Waals surface area contributed by atoms with Crippen molar-refractivity contribution in [2.45, 2.75) is 42.6 Å². The molecule has 2 fully saturated rings. The van der Waals surface area contributed by atoms with E-state index in [1.807, 2.05) is 28.8 Å². The maximum Gasteiger partial charge on any atom is 0.289 e. The number of aryl methyl sites for hydroxylation is 1. The Morgan fingerprint density at radius 3 is 2.64 bits per heavy atom. The molecule has 1 aliphatic heterocycles. The quantitative estimate of drug-likeness (QED) is 0.655. The summed E-state index contributed by atoms with van der Waals surface area (Å²) in [6.07, 6.45) is 8.51. The summed E-state index contributed by atoms with van der Waals surface area (Å²) >= 11 is 1.61. The second kappa shape index (κ2) is 10.6. The van der Waals surface area contributed by atoms with Crippen LogP contribution in [0.15, 0.2) is 34.1 Å². The molecule has 1 N–H and O–H groups in total. The van der Waals surface area contributed by atoms with E-state index in [1.54, 1.807) is 24.0 Å². The first-order valence-electron chi connectivity index (χ1n) is 9.40. The first-order chi connectivity index (χ1) is 12.7. The van der Waals surface area contributed by atoms with Crippen molar-refractivity contribution in [1.82, 2.24) is 19.8 Å². The van der Waals surface area contributed by atoms with Gasteiger partial charge in [-0.3, -0.25) is 4.79 Å². The van der Waals surface area contributed by atoms with E-state index >= 15 is 0 Å². The Kier molecular flexibility index (Phi) is 8.74. The van der Waals surface area contributed by atoms with Crippen molar-refractivity contribution >= 4 is 42.5 Å². The number of carbonyl (C=O) groups excluding carboxylic acids is 1. The van der Waals surface area contributed by atoms with Crippen LogP contribution in [0.4, 0.5) is 0 Å². The molecular weight excluding hydrogens is 419 g/mol. The Labute approximate surface area is 182 Å². The van der Waals surface area contributed by atoms with Crippen LogP contribution in [0.2, 0.25) is 0 Å². The highest BCUT2D eigenvalue weighted by atomic mass is 35.5. The molecule has 2 aliphatic rings. The van der Waals surface area contributed by atoms with Crippen molar-refractivity contribution in [3.8, 4) is 0 Å². The maximum absolute atomic E-state index is 12.7. The van der Waals surface area contributed by atoms with Crippen molar-refractivity contribution in [2.24, 2.45) is 13.0 Å². The predicted octanol–water partition coefficient (Wildman–Crippen LogP) is 3.75. The molecule has 156 valence electrons. The van der Waals surface area contributed by atoms with E-state index in [2.05, 4.69) is 10.3 Å². The number of thioether (sulfide) groups is 1. The van der Waals surface area contributed by atoms with Crippen molar-refractivity contribution in [2.75, 3.05) is 19.6 Å². The van der Waals surface area contributed by atoms with E-state index in [9.17, 15) is 4.79 Å². The summed E-state index contributed by atoms with van der Waals surface area (Å²) in [7, 11) is 1.97. The van der Waals surface area contributed by atoms with Gasteiger partial charge in [-0.15, -0.1) is 24.8 Å². The van der Waals surface area contributed by atoms with E-state index in [4.69, 9.17) is 4.42 Å².